The maximum Gasteiger partial charge on any atom is 0.0706 e. The Balaban J connectivity index is 2.47. The van der Waals surface area contributed by atoms with Crippen molar-refractivity contribution in [2.45, 2.75) is 43.8 Å². The van der Waals surface area contributed by atoms with Crippen LogP contribution in [-0.4, -0.2) is 21.9 Å². The maximum atomic E-state index is 9.81. The molecule has 0 unspecified atom stereocenters. The molecule has 2 heteroatoms. The largest absolute Gasteiger partial charge is 0.393 e. The average Bonchev–Trinajstić information content (AvgIpc) is 1.86. The normalized spacial score (nSPS) is 38.5. The van der Waals surface area contributed by atoms with Crippen LogP contribution in [0.4, 0.5) is 0 Å². The van der Waals surface area contributed by atoms with Crippen molar-refractivity contribution in [1.82, 2.24) is 0 Å². The molecular weight excluding hydrogens is 140 g/mol. The summed E-state index contributed by atoms with van der Waals surface area (Å²) in [5.41, 5.74) is -0.667. The molecule has 1 saturated carbocycles. The standard InChI is InChI=1S/C9H16O2/c1-2-5-9(11)6-3-4-8(10)7-9/h2,8,10-11H,1,3-7H2/t8-,9+/m0/s1. The smallest absolute Gasteiger partial charge is 0.0706 e. The molecule has 0 aromatic rings. The van der Waals surface area contributed by atoms with Gasteiger partial charge in [-0.2, -0.15) is 0 Å². The summed E-state index contributed by atoms with van der Waals surface area (Å²) >= 11 is 0. The molecule has 1 aliphatic rings. The van der Waals surface area contributed by atoms with Crippen LogP contribution in [-0.2, 0) is 0 Å². The maximum absolute atomic E-state index is 9.81. The Bertz CT molecular complexity index is 144. The molecule has 0 aliphatic heterocycles. The average molecular weight is 156 g/mol. The van der Waals surface area contributed by atoms with Gasteiger partial charge in [-0.3, -0.25) is 0 Å². The van der Waals surface area contributed by atoms with Gasteiger partial charge in [0.2, 0.25) is 0 Å². The summed E-state index contributed by atoms with van der Waals surface area (Å²) in [5.74, 6) is 0. The molecule has 2 atom stereocenters. The van der Waals surface area contributed by atoms with Gasteiger partial charge in [0.15, 0.2) is 0 Å². The minimum Gasteiger partial charge on any atom is -0.393 e. The Morgan fingerprint density at radius 1 is 1.64 bits per heavy atom. The van der Waals surface area contributed by atoms with Crippen molar-refractivity contribution in [3.05, 3.63) is 12.7 Å². The summed E-state index contributed by atoms with van der Waals surface area (Å²) in [5, 5.41) is 19.1. The zero-order chi connectivity index (χ0) is 8.32. The molecule has 0 amide bonds. The van der Waals surface area contributed by atoms with Crippen molar-refractivity contribution in [3.8, 4) is 0 Å². The second-order valence-electron chi connectivity index (χ2n) is 3.47. The minimum atomic E-state index is -0.667. The number of aliphatic hydroxyl groups excluding tert-OH is 1. The fraction of sp³-hybridized carbons (Fsp3) is 0.778. The molecule has 0 aromatic carbocycles. The highest BCUT2D eigenvalue weighted by Gasteiger charge is 2.31. The highest BCUT2D eigenvalue weighted by Crippen LogP contribution is 2.31. The first-order valence-electron chi connectivity index (χ1n) is 4.18. The SMILES string of the molecule is C=CC[C@@]1(O)CCC[C@H](O)C1. The molecular formula is C9H16O2. The molecule has 1 fully saturated rings. The van der Waals surface area contributed by atoms with Gasteiger partial charge in [-0.25, -0.2) is 0 Å². The monoisotopic (exact) mass is 156 g/mol. The van der Waals surface area contributed by atoms with E-state index in [2.05, 4.69) is 6.58 Å². The van der Waals surface area contributed by atoms with Crippen molar-refractivity contribution in [2.75, 3.05) is 0 Å². The van der Waals surface area contributed by atoms with Crippen LogP contribution in [0.2, 0.25) is 0 Å². The van der Waals surface area contributed by atoms with Crippen LogP contribution in [0.3, 0.4) is 0 Å². The number of rotatable bonds is 2. The van der Waals surface area contributed by atoms with E-state index in [4.69, 9.17) is 0 Å². The summed E-state index contributed by atoms with van der Waals surface area (Å²) < 4.78 is 0. The zero-order valence-corrected chi connectivity index (χ0v) is 6.79. The Labute approximate surface area is 67.6 Å². The van der Waals surface area contributed by atoms with E-state index >= 15 is 0 Å². The topological polar surface area (TPSA) is 40.5 Å². The Morgan fingerprint density at radius 3 is 2.91 bits per heavy atom. The summed E-state index contributed by atoms with van der Waals surface area (Å²) in [6.07, 6.45) is 5.08. The molecule has 2 nitrogen and oxygen atoms in total. The van der Waals surface area contributed by atoms with Gasteiger partial charge in [0, 0.05) is 6.42 Å². The van der Waals surface area contributed by atoms with Crippen LogP contribution >= 0.6 is 0 Å². The molecule has 64 valence electrons. The van der Waals surface area contributed by atoms with Crippen molar-refractivity contribution < 1.29 is 10.2 Å². The van der Waals surface area contributed by atoms with E-state index in [1.165, 1.54) is 0 Å². The summed E-state index contributed by atoms with van der Waals surface area (Å²) in [6.45, 7) is 3.58. The van der Waals surface area contributed by atoms with E-state index in [0.29, 0.717) is 12.8 Å². The number of hydrogen-bond donors (Lipinski definition) is 2. The highest BCUT2D eigenvalue weighted by molar-refractivity contribution is 4.91. The predicted octanol–water partition coefficient (Wildman–Crippen LogP) is 1.23. The fourth-order valence-electron chi connectivity index (χ4n) is 1.76. The first-order chi connectivity index (χ1) is 5.16. The van der Waals surface area contributed by atoms with E-state index in [1.807, 2.05) is 0 Å². The lowest BCUT2D eigenvalue weighted by Crippen LogP contribution is -2.36. The van der Waals surface area contributed by atoms with E-state index < -0.39 is 5.60 Å². The lowest BCUT2D eigenvalue weighted by molar-refractivity contribution is -0.0426. The molecule has 2 N–H and O–H groups in total. The van der Waals surface area contributed by atoms with Crippen molar-refractivity contribution >= 4 is 0 Å². The van der Waals surface area contributed by atoms with Crippen LogP contribution in [0.1, 0.15) is 32.1 Å². The lowest BCUT2D eigenvalue weighted by atomic mass is 9.81. The zero-order valence-electron chi connectivity index (χ0n) is 6.79. The molecule has 0 aromatic heterocycles. The van der Waals surface area contributed by atoms with Crippen LogP contribution in [0.5, 0.6) is 0 Å². The lowest BCUT2D eigenvalue weighted by Gasteiger charge is -2.33. The van der Waals surface area contributed by atoms with Crippen molar-refractivity contribution in [1.29, 1.82) is 0 Å². The van der Waals surface area contributed by atoms with E-state index in [9.17, 15) is 10.2 Å². The van der Waals surface area contributed by atoms with Gasteiger partial charge in [-0.05, 0) is 25.7 Å². The number of aliphatic hydroxyl groups is 2. The van der Waals surface area contributed by atoms with Gasteiger partial charge in [-0.15, -0.1) is 6.58 Å². The fourth-order valence-corrected chi connectivity index (χ4v) is 1.76. The molecule has 11 heavy (non-hydrogen) atoms. The van der Waals surface area contributed by atoms with Gasteiger partial charge >= 0.3 is 0 Å². The van der Waals surface area contributed by atoms with Crippen LogP contribution in [0.25, 0.3) is 0 Å². The second-order valence-corrected chi connectivity index (χ2v) is 3.47. The van der Waals surface area contributed by atoms with Gasteiger partial charge in [0.25, 0.3) is 0 Å². The first kappa shape index (κ1) is 8.75. The second kappa shape index (κ2) is 3.37. The van der Waals surface area contributed by atoms with Gasteiger partial charge < -0.3 is 10.2 Å². The number of hydrogen-bond acceptors (Lipinski definition) is 2. The molecule has 0 radical (unpaired) electrons. The third-order valence-electron chi connectivity index (χ3n) is 2.32. The van der Waals surface area contributed by atoms with Crippen molar-refractivity contribution in [2.24, 2.45) is 0 Å². The minimum absolute atomic E-state index is 0.311. The predicted molar refractivity (Wildman–Crippen MR) is 44.2 cm³/mol. The van der Waals surface area contributed by atoms with E-state index in [0.717, 1.165) is 19.3 Å². The van der Waals surface area contributed by atoms with Crippen molar-refractivity contribution in [3.63, 3.8) is 0 Å². The molecule has 0 heterocycles. The first-order valence-corrected chi connectivity index (χ1v) is 4.18. The van der Waals surface area contributed by atoms with E-state index in [1.54, 1.807) is 6.08 Å². The van der Waals surface area contributed by atoms with Gasteiger partial charge in [0.05, 0.1) is 11.7 Å². The Kier molecular flexibility index (Phi) is 2.68. The molecule has 1 aliphatic carbocycles. The van der Waals surface area contributed by atoms with Crippen LogP contribution < -0.4 is 0 Å². The molecule has 0 bridgehead atoms. The highest BCUT2D eigenvalue weighted by atomic mass is 16.3. The van der Waals surface area contributed by atoms with Crippen LogP contribution in [0.15, 0.2) is 12.7 Å². The molecule has 0 saturated heterocycles. The molecule has 0 spiro atoms. The Morgan fingerprint density at radius 2 is 2.36 bits per heavy atom. The third-order valence-corrected chi connectivity index (χ3v) is 2.32. The van der Waals surface area contributed by atoms with E-state index in [-0.39, 0.29) is 6.10 Å². The summed E-state index contributed by atoms with van der Waals surface area (Å²) in [4.78, 5) is 0. The Hall–Kier alpha value is -0.340. The summed E-state index contributed by atoms with van der Waals surface area (Å²) in [6, 6.07) is 0. The third kappa shape index (κ3) is 2.31. The van der Waals surface area contributed by atoms with Gasteiger partial charge in [0.1, 0.15) is 0 Å². The summed E-state index contributed by atoms with van der Waals surface area (Å²) in [7, 11) is 0. The quantitative estimate of drug-likeness (QED) is 0.590. The molecule has 1 rings (SSSR count). The van der Waals surface area contributed by atoms with Crippen LogP contribution in [0, 0.1) is 0 Å². The van der Waals surface area contributed by atoms with Gasteiger partial charge in [-0.1, -0.05) is 6.08 Å².